The van der Waals surface area contributed by atoms with Gasteiger partial charge in [-0.05, 0) is 51.9 Å². The molecule has 5 aliphatic rings. The van der Waals surface area contributed by atoms with Gasteiger partial charge in [0.1, 0.15) is 6.04 Å². The van der Waals surface area contributed by atoms with Gasteiger partial charge in [0.05, 0.1) is 37.9 Å². The van der Waals surface area contributed by atoms with Crippen LogP contribution >= 0.6 is 0 Å². The summed E-state index contributed by atoms with van der Waals surface area (Å²) in [5.74, 6) is -3.14. The first-order valence-electron chi connectivity index (χ1n) is 15.2. The van der Waals surface area contributed by atoms with Crippen molar-refractivity contribution in [2.75, 3.05) is 27.8 Å². The average Bonchev–Trinajstić information content (AvgIpc) is 3.05. The van der Waals surface area contributed by atoms with Crippen molar-refractivity contribution < 1.29 is 46.6 Å². The molecule has 1 saturated heterocycles. The van der Waals surface area contributed by atoms with Gasteiger partial charge in [-0.1, -0.05) is 6.07 Å². The second-order valence-electron chi connectivity index (χ2n) is 12.4. The summed E-state index contributed by atoms with van der Waals surface area (Å²) in [5.41, 5.74) is -0.530. The second-order valence-corrected chi connectivity index (χ2v) is 12.4. The number of nitriles is 1. The van der Waals surface area contributed by atoms with Crippen LogP contribution in [0.25, 0.3) is 0 Å². The molecule has 3 aliphatic heterocycles. The smallest absolute Gasteiger partial charge is 0.416 e. The molecule has 0 radical (unpaired) electrons. The first-order valence-corrected chi connectivity index (χ1v) is 15.2. The number of halogens is 3. The molecule has 3 heterocycles. The number of ketones is 4. The molecule has 1 fully saturated rings. The SMILES string of the molecule is COC1=C(C)C(=O)C2=C(C1=O)[C@@H]1[C@@H]3CC4=C(C(=O)C(OC)=C(C)C4=O)[C@H](CNC(=O)c4cccc(C(F)(F)F)c4)N3[C@@H](C#N)[C@H](C2)N1C. The van der Waals surface area contributed by atoms with Crippen molar-refractivity contribution in [2.24, 2.45) is 0 Å². The van der Waals surface area contributed by atoms with Gasteiger partial charge in [0.15, 0.2) is 23.1 Å². The minimum Gasteiger partial charge on any atom is -0.492 e. The Morgan fingerprint density at radius 3 is 2.06 bits per heavy atom. The summed E-state index contributed by atoms with van der Waals surface area (Å²) in [6, 6.07) is 1.77. The molecule has 0 spiro atoms. The third kappa shape index (κ3) is 4.75. The summed E-state index contributed by atoms with van der Waals surface area (Å²) in [5, 5.41) is 13.3. The average molecular weight is 665 g/mol. The van der Waals surface area contributed by atoms with Crippen molar-refractivity contribution in [3.8, 4) is 6.07 Å². The number of ether oxygens (including phenoxy) is 2. The lowest BCUT2D eigenvalue weighted by molar-refractivity contribution is -0.137. The van der Waals surface area contributed by atoms with E-state index < -0.39 is 65.2 Å². The van der Waals surface area contributed by atoms with Gasteiger partial charge in [-0.25, -0.2) is 0 Å². The number of nitrogens with one attached hydrogen (secondary N) is 1. The van der Waals surface area contributed by atoms with E-state index in [1.807, 2.05) is 4.90 Å². The number of hydrogen-bond acceptors (Lipinski definition) is 10. The van der Waals surface area contributed by atoms with Crippen LogP contribution in [0.2, 0.25) is 0 Å². The number of methoxy groups -OCH3 is 2. The molecule has 6 rings (SSSR count). The highest BCUT2D eigenvalue weighted by Gasteiger charge is 2.59. The van der Waals surface area contributed by atoms with E-state index in [-0.39, 0.29) is 75.7 Å². The monoisotopic (exact) mass is 664 g/mol. The van der Waals surface area contributed by atoms with Gasteiger partial charge in [0.2, 0.25) is 11.6 Å². The number of fused-ring (bicyclic) bond motifs is 5. The summed E-state index contributed by atoms with van der Waals surface area (Å²) in [7, 11) is 4.26. The van der Waals surface area contributed by atoms with E-state index in [2.05, 4.69) is 11.4 Å². The Bertz CT molecular complexity index is 1880. The minimum atomic E-state index is -4.69. The molecule has 1 amide bonds. The Morgan fingerprint density at radius 2 is 1.50 bits per heavy atom. The molecule has 2 aliphatic carbocycles. The third-order valence-corrected chi connectivity index (χ3v) is 10.1. The first kappa shape index (κ1) is 33.0. The fourth-order valence-electron chi connectivity index (χ4n) is 7.94. The number of amides is 1. The van der Waals surface area contributed by atoms with Gasteiger partial charge in [0.25, 0.3) is 5.91 Å². The Morgan fingerprint density at radius 1 is 0.938 bits per heavy atom. The van der Waals surface area contributed by atoms with Gasteiger partial charge in [0, 0.05) is 57.6 Å². The highest BCUT2D eigenvalue weighted by Crippen LogP contribution is 2.49. The van der Waals surface area contributed by atoms with Crippen LogP contribution in [-0.4, -0.2) is 96.9 Å². The minimum absolute atomic E-state index is 0.000472. The number of Topliss-reactive ketones (excluding diaryl/α,β-unsaturated/α-hetero) is 4. The maximum atomic E-state index is 14.0. The van der Waals surface area contributed by atoms with Crippen molar-refractivity contribution in [2.45, 2.75) is 63.1 Å². The molecule has 48 heavy (non-hydrogen) atoms. The Kier molecular flexibility index (Phi) is 8.04. The van der Waals surface area contributed by atoms with Crippen LogP contribution in [0.15, 0.2) is 69.2 Å². The van der Waals surface area contributed by atoms with Crippen LogP contribution < -0.4 is 5.32 Å². The largest absolute Gasteiger partial charge is 0.492 e. The molecule has 11 nitrogen and oxygen atoms in total. The molecule has 1 N–H and O–H groups in total. The molecule has 1 aromatic carbocycles. The number of likely N-dealkylation sites (N-methyl/N-ethyl adjacent to an activating group) is 1. The zero-order valence-corrected chi connectivity index (χ0v) is 26.7. The van der Waals surface area contributed by atoms with E-state index in [0.29, 0.717) is 6.07 Å². The molecule has 250 valence electrons. The van der Waals surface area contributed by atoms with Gasteiger partial charge < -0.3 is 14.8 Å². The molecule has 5 atom stereocenters. The standard InChI is InChI=1S/C34H31F3N4O7/c1-14-27(42)18-11-21-26-25-19(28(43)15(2)32(48-5)30(25)45)10-20(40(26)3)22(12-38)41(21)23(24(18)29(44)31(14)47-4)13-39-33(46)16-7-6-8-17(9-16)34(35,36)37/h6-9,20-23,26H,10-11,13H2,1-5H3,(H,39,46)/t20-,21-,22-,23-,26-/m0/s1. The van der Waals surface area contributed by atoms with Gasteiger partial charge in [-0.2, -0.15) is 18.4 Å². The van der Waals surface area contributed by atoms with Crippen molar-refractivity contribution >= 4 is 29.0 Å². The first-order chi connectivity index (χ1) is 22.7. The number of hydrogen-bond donors (Lipinski definition) is 1. The highest BCUT2D eigenvalue weighted by atomic mass is 19.4. The van der Waals surface area contributed by atoms with Crippen molar-refractivity contribution in [3.05, 3.63) is 80.3 Å². The molecule has 0 saturated carbocycles. The highest BCUT2D eigenvalue weighted by molar-refractivity contribution is 6.26. The lowest BCUT2D eigenvalue weighted by Crippen LogP contribution is -2.74. The van der Waals surface area contributed by atoms with Crippen molar-refractivity contribution in [1.82, 2.24) is 15.1 Å². The second kappa shape index (κ2) is 11.7. The van der Waals surface area contributed by atoms with E-state index in [4.69, 9.17) is 9.47 Å². The third-order valence-electron chi connectivity index (χ3n) is 10.1. The Hall–Kier alpha value is -4.87. The number of piperazine rings is 1. The quantitative estimate of drug-likeness (QED) is 0.466. The van der Waals surface area contributed by atoms with Gasteiger partial charge in [-0.15, -0.1) is 0 Å². The van der Waals surface area contributed by atoms with Crippen LogP contribution in [0, 0.1) is 11.3 Å². The van der Waals surface area contributed by atoms with E-state index in [9.17, 15) is 42.4 Å². The predicted octanol–water partition coefficient (Wildman–Crippen LogP) is 2.59. The van der Waals surface area contributed by atoms with Gasteiger partial charge >= 0.3 is 6.18 Å². The summed E-state index contributed by atoms with van der Waals surface area (Å²) in [6.07, 6.45) is -4.73. The molecule has 0 aromatic heterocycles. The van der Waals surface area contributed by atoms with Crippen LogP contribution in [0.4, 0.5) is 13.2 Å². The molecular weight excluding hydrogens is 633 g/mol. The molecule has 1 aromatic rings. The fourth-order valence-corrected chi connectivity index (χ4v) is 7.94. The van der Waals surface area contributed by atoms with E-state index in [1.54, 1.807) is 11.9 Å². The Balaban J connectivity index is 1.48. The fraction of sp³-hybridized carbons (Fsp3) is 0.412. The van der Waals surface area contributed by atoms with Crippen LogP contribution in [0.1, 0.15) is 42.6 Å². The number of allylic oxidation sites excluding steroid dienone is 4. The number of benzene rings is 1. The molecular formula is C34H31F3N4O7. The van der Waals surface area contributed by atoms with Gasteiger partial charge in [-0.3, -0.25) is 33.8 Å². The number of carbonyl (C=O) groups excluding carboxylic acids is 5. The Labute approximate surface area is 273 Å². The van der Waals surface area contributed by atoms with E-state index >= 15 is 0 Å². The number of rotatable bonds is 5. The molecule has 2 bridgehead atoms. The van der Waals surface area contributed by atoms with Crippen molar-refractivity contribution in [3.63, 3.8) is 0 Å². The lowest BCUT2D eigenvalue weighted by atomic mass is 9.67. The summed E-state index contributed by atoms with van der Waals surface area (Å²) in [4.78, 5) is 72.1. The normalized spacial score (nSPS) is 27.9. The van der Waals surface area contributed by atoms with Crippen LogP contribution in [-0.2, 0) is 34.8 Å². The van der Waals surface area contributed by atoms with Crippen molar-refractivity contribution in [1.29, 1.82) is 5.26 Å². The number of alkyl halides is 3. The maximum absolute atomic E-state index is 14.0. The summed E-state index contributed by atoms with van der Waals surface area (Å²) >= 11 is 0. The van der Waals surface area contributed by atoms with Crippen LogP contribution in [0.3, 0.4) is 0 Å². The zero-order chi connectivity index (χ0) is 35.0. The predicted molar refractivity (Wildman–Crippen MR) is 161 cm³/mol. The molecule has 14 heteroatoms. The molecule has 0 unspecified atom stereocenters. The van der Waals surface area contributed by atoms with E-state index in [0.717, 1.165) is 12.1 Å². The maximum Gasteiger partial charge on any atom is 0.416 e. The van der Waals surface area contributed by atoms with Crippen LogP contribution in [0.5, 0.6) is 0 Å². The zero-order valence-electron chi connectivity index (χ0n) is 26.7. The number of nitrogens with zero attached hydrogens (tertiary/aromatic N) is 3. The summed E-state index contributed by atoms with van der Waals surface area (Å²) < 4.78 is 50.9. The number of carbonyl (C=O) groups is 5. The van der Waals surface area contributed by atoms with E-state index in [1.165, 1.54) is 34.1 Å². The lowest BCUT2D eigenvalue weighted by Gasteiger charge is -2.60. The summed E-state index contributed by atoms with van der Waals surface area (Å²) in [6.45, 7) is 2.58. The topological polar surface area (TPSA) is 146 Å².